The lowest BCUT2D eigenvalue weighted by Gasteiger charge is -2.27. The van der Waals surface area contributed by atoms with Crippen LogP contribution in [0.5, 0.6) is 0 Å². The molecular weight excluding hydrogens is 305 g/mol. The van der Waals surface area contributed by atoms with Crippen LogP contribution in [0.3, 0.4) is 0 Å². The summed E-state index contributed by atoms with van der Waals surface area (Å²) in [5.41, 5.74) is 0.492. The van der Waals surface area contributed by atoms with Crippen LogP contribution in [0.2, 0.25) is 5.02 Å². The van der Waals surface area contributed by atoms with Gasteiger partial charge >= 0.3 is 0 Å². The molecule has 2 fully saturated rings. The molecule has 0 aromatic heterocycles. The van der Waals surface area contributed by atoms with Gasteiger partial charge in [0, 0.05) is 61.7 Å². The van der Waals surface area contributed by atoms with Crippen LogP contribution in [-0.4, -0.2) is 50.1 Å². The summed E-state index contributed by atoms with van der Waals surface area (Å²) in [4.78, 5) is 14.5. The number of halogens is 2. The Labute approximate surface area is 135 Å². The van der Waals surface area contributed by atoms with Crippen LogP contribution < -0.4 is 10.6 Å². The van der Waals surface area contributed by atoms with E-state index in [2.05, 4.69) is 15.5 Å². The van der Waals surface area contributed by atoms with Crippen molar-refractivity contribution < 1.29 is 9.18 Å². The molecule has 2 aliphatic rings. The summed E-state index contributed by atoms with van der Waals surface area (Å²) in [5.74, 6) is -0.515. The average Bonchev–Trinajstić information content (AvgIpc) is 3.28. The Kier molecular flexibility index (Phi) is 4.96. The fourth-order valence-corrected chi connectivity index (χ4v) is 3.37. The van der Waals surface area contributed by atoms with E-state index < -0.39 is 0 Å². The molecule has 120 valence electrons. The van der Waals surface area contributed by atoms with E-state index in [-0.39, 0.29) is 23.6 Å². The Hall–Kier alpha value is -1.17. The maximum Gasteiger partial charge on any atom is 0.223 e. The standard InChI is InChI=1S/C16H21ClFN3O/c17-13-2-1-3-14(18)15(13)11-10-12(11)16(22)20-6-9-21-7-4-19-5-8-21/h1-3,11-12,19H,4-10H2,(H,20,22)/t11-,12+/m0/s1. The molecule has 0 radical (unpaired) electrons. The van der Waals surface area contributed by atoms with Crippen LogP contribution in [0.4, 0.5) is 4.39 Å². The Morgan fingerprint density at radius 3 is 2.91 bits per heavy atom. The summed E-state index contributed by atoms with van der Waals surface area (Å²) >= 11 is 6.06. The molecule has 0 bridgehead atoms. The van der Waals surface area contributed by atoms with Crippen LogP contribution in [0.1, 0.15) is 17.9 Å². The number of hydrogen-bond donors (Lipinski definition) is 2. The molecule has 1 heterocycles. The van der Waals surface area contributed by atoms with Gasteiger partial charge in [0.1, 0.15) is 5.82 Å². The van der Waals surface area contributed by atoms with E-state index in [1.807, 2.05) is 0 Å². The van der Waals surface area contributed by atoms with E-state index >= 15 is 0 Å². The van der Waals surface area contributed by atoms with Crippen molar-refractivity contribution in [3.63, 3.8) is 0 Å². The summed E-state index contributed by atoms with van der Waals surface area (Å²) in [6.45, 7) is 5.56. The van der Waals surface area contributed by atoms with E-state index in [0.717, 1.165) is 32.7 Å². The first-order valence-corrected chi connectivity index (χ1v) is 8.19. The minimum Gasteiger partial charge on any atom is -0.355 e. The van der Waals surface area contributed by atoms with E-state index in [9.17, 15) is 9.18 Å². The van der Waals surface area contributed by atoms with Crippen LogP contribution >= 0.6 is 11.6 Å². The van der Waals surface area contributed by atoms with Crippen molar-refractivity contribution in [3.05, 3.63) is 34.6 Å². The van der Waals surface area contributed by atoms with E-state index in [1.54, 1.807) is 12.1 Å². The Bertz CT molecular complexity index is 528. The van der Waals surface area contributed by atoms with Crippen molar-refractivity contribution in [2.24, 2.45) is 5.92 Å². The number of carbonyl (C=O) groups excluding carboxylic acids is 1. The quantitative estimate of drug-likeness (QED) is 0.864. The molecule has 22 heavy (non-hydrogen) atoms. The number of amides is 1. The number of piperazine rings is 1. The molecule has 2 N–H and O–H groups in total. The summed E-state index contributed by atoms with van der Waals surface area (Å²) in [6, 6.07) is 4.67. The molecule has 1 aromatic rings. The molecule has 4 nitrogen and oxygen atoms in total. The lowest BCUT2D eigenvalue weighted by molar-refractivity contribution is -0.122. The molecule has 2 atom stereocenters. The summed E-state index contributed by atoms with van der Waals surface area (Å²) in [7, 11) is 0. The van der Waals surface area contributed by atoms with Crippen LogP contribution in [0.25, 0.3) is 0 Å². The van der Waals surface area contributed by atoms with Gasteiger partial charge in [-0.05, 0) is 18.6 Å². The van der Waals surface area contributed by atoms with Gasteiger partial charge in [-0.3, -0.25) is 9.69 Å². The zero-order valence-corrected chi connectivity index (χ0v) is 13.2. The zero-order chi connectivity index (χ0) is 15.5. The molecule has 1 aliphatic carbocycles. The highest BCUT2D eigenvalue weighted by Gasteiger charge is 2.46. The van der Waals surface area contributed by atoms with Gasteiger partial charge in [0.15, 0.2) is 0 Å². The summed E-state index contributed by atoms with van der Waals surface area (Å²) in [6.07, 6.45) is 0.681. The second kappa shape index (κ2) is 6.94. The molecule has 3 rings (SSSR count). The molecule has 1 amide bonds. The van der Waals surface area contributed by atoms with Crippen molar-refractivity contribution in [2.45, 2.75) is 12.3 Å². The SMILES string of the molecule is O=C(NCCN1CCNCC1)[C@@H]1C[C@@H]1c1c(F)cccc1Cl. The van der Waals surface area contributed by atoms with E-state index in [1.165, 1.54) is 6.07 Å². The van der Waals surface area contributed by atoms with Crippen LogP contribution in [0.15, 0.2) is 18.2 Å². The van der Waals surface area contributed by atoms with Gasteiger partial charge in [0.2, 0.25) is 5.91 Å². The summed E-state index contributed by atoms with van der Waals surface area (Å²) in [5, 5.41) is 6.68. The number of rotatable bonds is 5. The predicted molar refractivity (Wildman–Crippen MR) is 84.6 cm³/mol. The summed E-state index contributed by atoms with van der Waals surface area (Å²) < 4.78 is 13.8. The van der Waals surface area contributed by atoms with Gasteiger partial charge in [-0.15, -0.1) is 0 Å². The van der Waals surface area contributed by atoms with Crippen molar-refractivity contribution in [1.82, 2.24) is 15.5 Å². The maximum absolute atomic E-state index is 13.8. The van der Waals surface area contributed by atoms with E-state index in [4.69, 9.17) is 11.6 Å². The molecule has 0 spiro atoms. The van der Waals surface area contributed by atoms with Crippen molar-refractivity contribution in [3.8, 4) is 0 Å². The van der Waals surface area contributed by atoms with Crippen molar-refractivity contribution >= 4 is 17.5 Å². The Morgan fingerprint density at radius 2 is 2.18 bits per heavy atom. The highest BCUT2D eigenvalue weighted by atomic mass is 35.5. The lowest BCUT2D eigenvalue weighted by Crippen LogP contribution is -2.46. The minimum atomic E-state index is -0.311. The van der Waals surface area contributed by atoms with Gasteiger partial charge < -0.3 is 10.6 Å². The number of nitrogens with one attached hydrogen (secondary N) is 2. The largest absolute Gasteiger partial charge is 0.355 e. The number of hydrogen-bond acceptors (Lipinski definition) is 3. The third-order valence-corrected chi connectivity index (χ3v) is 4.76. The predicted octanol–water partition coefficient (Wildman–Crippen LogP) is 1.60. The molecule has 1 saturated heterocycles. The highest BCUT2D eigenvalue weighted by Crippen LogP contribution is 2.50. The second-order valence-electron chi connectivity index (χ2n) is 5.97. The fourth-order valence-electron chi connectivity index (χ4n) is 3.07. The molecule has 1 aromatic carbocycles. The average molecular weight is 326 g/mol. The van der Waals surface area contributed by atoms with Gasteiger partial charge in [0.25, 0.3) is 0 Å². The number of carbonyl (C=O) groups is 1. The Morgan fingerprint density at radius 1 is 1.41 bits per heavy atom. The van der Waals surface area contributed by atoms with Crippen LogP contribution in [0, 0.1) is 11.7 Å². The van der Waals surface area contributed by atoms with Gasteiger partial charge in [-0.1, -0.05) is 17.7 Å². The van der Waals surface area contributed by atoms with E-state index in [0.29, 0.717) is 23.6 Å². The van der Waals surface area contributed by atoms with Crippen molar-refractivity contribution in [2.75, 3.05) is 39.3 Å². The molecule has 6 heteroatoms. The monoisotopic (exact) mass is 325 g/mol. The maximum atomic E-state index is 13.8. The molecule has 1 saturated carbocycles. The minimum absolute atomic E-state index is 0.0134. The number of nitrogens with zero attached hydrogens (tertiary/aromatic N) is 1. The topological polar surface area (TPSA) is 44.4 Å². The smallest absolute Gasteiger partial charge is 0.223 e. The Balaban J connectivity index is 1.46. The molecule has 0 unspecified atom stereocenters. The molecule has 1 aliphatic heterocycles. The highest BCUT2D eigenvalue weighted by molar-refractivity contribution is 6.31. The normalized spacial score (nSPS) is 25.0. The second-order valence-corrected chi connectivity index (χ2v) is 6.37. The first-order chi connectivity index (χ1) is 10.7. The van der Waals surface area contributed by atoms with Crippen molar-refractivity contribution in [1.29, 1.82) is 0 Å². The van der Waals surface area contributed by atoms with Crippen LogP contribution in [-0.2, 0) is 4.79 Å². The van der Waals surface area contributed by atoms with Gasteiger partial charge in [-0.25, -0.2) is 4.39 Å². The number of benzene rings is 1. The third kappa shape index (κ3) is 3.59. The lowest BCUT2D eigenvalue weighted by atomic mass is 10.1. The van der Waals surface area contributed by atoms with Gasteiger partial charge in [-0.2, -0.15) is 0 Å². The van der Waals surface area contributed by atoms with Gasteiger partial charge in [0.05, 0.1) is 0 Å². The first kappa shape index (κ1) is 15.7. The zero-order valence-electron chi connectivity index (χ0n) is 12.4. The molecular formula is C16H21ClFN3O. The fraction of sp³-hybridized carbons (Fsp3) is 0.562. The third-order valence-electron chi connectivity index (χ3n) is 4.43. The first-order valence-electron chi connectivity index (χ1n) is 7.81.